The van der Waals surface area contributed by atoms with Crippen molar-refractivity contribution in [3.05, 3.63) is 35.0 Å². The van der Waals surface area contributed by atoms with E-state index in [1.165, 1.54) is 12.1 Å². The van der Waals surface area contributed by atoms with Gasteiger partial charge in [0.05, 0.1) is 0 Å². The molecule has 0 aliphatic carbocycles. The van der Waals surface area contributed by atoms with Gasteiger partial charge in [-0.3, -0.25) is 0 Å². The van der Waals surface area contributed by atoms with Crippen molar-refractivity contribution in [2.45, 2.75) is 4.90 Å². The molecule has 4 heteroatoms. The highest BCUT2D eigenvalue weighted by atomic mass is 79.9. The van der Waals surface area contributed by atoms with E-state index in [1.807, 2.05) is 0 Å². The minimum Gasteiger partial charge on any atom is -0.346 e. The van der Waals surface area contributed by atoms with E-state index in [0.29, 0.717) is 0 Å². The molecule has 1 aromatic carbocycles. The third-order valence-corrected chi connectivity index (χ3v) is 4.09. The van der Waals surface area contributed by atoms with E-state index in [4.69, 9.17) is 0 Å². The van der Waals surface area contributed by atoms with Crippen molar-refractivity contribution in [2.75, 3.05) is 0 Å². The lowest BCUT2D eigenvalue weighted by Crippen LogP contribution is -1.81. The molecule has 0 radical (unpaired) electrons. The largest absolute Gasteiger partial charge is 0.346 e. The van der Waals surface area contributed by atoms with Crippen LogP contribution < -0.4 is 0 Å². The van der Waals surface area contributed by atoms with Gasteiger partial charge in [-0.25, -0.2) is 4.39 Å². The monoisotopic (exact) mass is 248 g/mol. The first-order valence-electron chi connectivity index (χ1n) is 3.34. The standard InChI is InChI=1S/C8H6BrFOS/c9-7-4-12(11)8-2-1-5(10)3-6(7)8/h1-4,11-12H. The lowest BCUT2D eigenvalue weighted by molar-refractivity contribution is 0.625. The van der Waals surface area contributed by atoms with Gasteiger partial charge in [0.2, 0.25) is 0 Å². The van der Waals surface area contributed by atoms with Gasteiger partial charge in [-0.05, 0) is 39.5 Å². The molecule has 1 aliphatic rings. The van der Waals surface area contributed by atoms with Crippen molar-refractivity contribution in [3.8, 4) is 0 Å². The van der Waals surface area contributed by atoms with Crippen LogP contribution >= 0.6 is 27.1 Å². The summed E-state index contributed by atoms with van der Waals surface area (Å²) in [5.74, 6) is -0.274. The van der Waals surface area contributed by atoms with Crippen molar-refractivity contribution < 1.29 is 8.94 Å². The van der Waals surface area contributed by atoms with E-state index in [2.05, 4.69) is 15.9 Å². The first-order chi connectivity index (χ1) is 5.68. The average molecular weight is 249 g/mol. The Hall–Kier alpha value is -0.320. The summed E-state index contributed by atoms with van der Waals surface area (Å²) in [6.07, 6.45) is 0. The average Bonchev–Trinajstić information content (AvgIpc) is 2.28. The molecular weight excluding hydrogens is 243 g/mol. The Morgan fingerprint density at radius 1 is 1.42 bits per heavy atom. The Morgan fingerprint density at radius 3 is 2.92 bits per heavy atom. The fourth-order valence-corrected chi connectivity index (χ4v) is 3.36. The summed E-state index contributed by atoms with van der Waals surface area (Å²) in [4.78, 5) is 0.818. The van der Waals surface area contributed by atoms with Crippen LogP contribution in [0.5, 0.6) is 0 Å². The van der Waals surface area contributed by atoms with Crippen molar-refractivity contribution >= 4 is 31.6 Å². The van der Waals surface area contributed by atoms with Gasteiger partial charge in [0.15, 0.2) is 0 Å². The lowest BCUT2D eigenvalue weighted by atomic mass is 10.2. The zero-order valence-corrected chi connectivity index (χ0v) is 8.44. The second-order valence-electron chi connectivity index (χ2n) is 2.48. The minimum absolute atomic E-state index is 0.274. The van der Waals surface area contributed by atoms with Gasteiger partial charge in [-0.1, -0.05) is 0 Å². The number of fused-ring (bicyclic) bond motifs is 1. The van der Waals surface area contributed by atoms with Crippen LogP contribution in [0.25, 0.3) is 4.48 Å². The maximum Gasteiger partial charge on any atom is 0.123 e. The maximum atomic E-state index is 12.7. The molecule has 0 spiro atoms. The predicted molar refractivity (Wildman–Crippen MR) is 53.2 cm³/mol. The van der Waals surface area contributed by atoms with Crippen molar-refractivity contribution in [3.63, 3.8) is 0 Å². The molecule has 64 valence electrons. The van der Waals surface area contributed by atoms with E-state index in [9.17, 15) is 8.94 Å². The SMILES string of the molecule is O[SH]1C=C(Br)c2cc(F)ccc21. The highest BCUT2D eigenvalue weighted by Crippen LogP contribution is 2.49. The van der Waals surface area contributed by atoms with E-state index in [1.54, 1.807) is 11.5 Å². The zero-order chi connectivity index (χ0) is 8.72. The number of rotatable bonds is 0. The lowest BCUT2D eigenvalue weighted by Gasteiger charge is -2.05. The molecule has 1 unspecified atom stereocenters. The molecule has 2 rings (SSSR count). The summed E-state index contributed by atoms with van der Waals surface area (Å²) in [6, 6.07) is 4.42. The Kier molecular flexibility index (Phi) is 1.98. The van der Waals surface area contributed by atoms with Crippen LogP contribution in [-0.4, -0.2) is 4.55 Å². The van der Waals surface area contributed by atoms with Crippen LogP contribution in [0.1, 0.15) is 5.56 Å². The number of benzene rings is 1. The predicted octanol–water partition coefficient (Wildman–Crippen LogP) is 3.37. The zero-order valence-electron chi connectivity index (χ0n) is 5.96. The molecule has 1 heterocycles. The molecular formula is C8H6BrFOS. The fraction of sp³-hybridized carbons (Fsp3) is 0. The summed E-state index contributed by atoms with van der Waals surface area (Å²) in [7, 11) is 0. The summed E-state index contributed by atoms with van der Waals surface area (Å²) < 4.78 is 23.0. The quantitative estimate of drug-likeness (QED) is 0.675. The fourth-order valence-electron chi connectivity index (χ4n) is 1.15. The number of hydrogen-bond acceptors (Lipinski definition) is 1. The molecule has 0 bridgehead atoms. The van der Waals surface area contributed by atoms with Crippen LogP contribution in [-0.2, 0) is 0 Å². The first kappa shape index (κ1) is 8.29. The molecule has 1 atom stereocenters. The summed E-state index contributed by atoms with van der Waals surface area (Å²) in [5.41, 5.74) is 0.767. The van der Waals surface area contributed by atoms with Crippen molar-refractivity contribution in [1.82, 2.24) is 0 Å². The third-order valence-electron chi connectivity index (χ3n) is 1.70. The van der Waals surface area contributed by atoms with Gasteiger partial charge in [0.1, 0.15) is 5.82 Å². The van der Waals surface area contributed by atoms with Gasteiger partial charge < -0.3 is 4.55 Å². The highest BCUT2D eigenvalue weighted by molar-refractivity contribution is 9.15. The third kappa shape index (κ3) is 1.20. The molecule has 1 N–H and O–H groups in total. The van der Waals surface area contributed by atoms with Crippen LogP contribution in [0.4, 0.5) is 4.39 Å². The van der Waals surface area contributed by atoms with Gasteiger partial charge >= 0.3 is 0 Å². The van der Waals surface area contributed by atoms with Crippen LogP contribution in [0.2, 0.25) is 0 Å². The van der Waals surface area contributed by atoms with Crippen molar-refractivity contribution in [2.24, 2.45) is 0 Å². The number of thiol groups is 1. The number of hydrogen-bond donors (Lipinski definition) is 2. The van der Waals surface area contributed by atoms with E-state index in [-0.39, 0.29) is 5.82 Å². The molecule has 12 heavy (non-hydrogen) atoms. The molecule has 1 aromatic rings. The Morgan fingerprint density at radius 2 is 2.17 bits per heavy atom. The van der Waals surface area contributed by atoms with Crippen molar-refractivity contribution in [1.29, 1.82) is 0 Å². The summed E-state index contributed by atoms with van der Waals surface area (Å²) in [6.45, 7) is 0. The normalized spacial score (nSPS) is 23.6. The molecule has 0 aromatic heterocycles. The first-order valence-corrected chi connectivity index (χ1v) is 5.49. The second-order valence-corrected chi connectivity index (χ2v) is 4.77. The van der Waals surface area contributed by atoms with Crippen LogP contribution in [0.3, 0.4) is 0 Å². The minimum atomic E-state index is -1.21. The molecule has 0 saturated heterocycles. The van der Waals surface area contributed by atoms with Gasteiger partial charge in [0.25, 0.3) is 0 Å². The highest BCUT2D eigenvalue weighted by Gasteiger charge is 2.17. The van der Waals surface area contributed by atoms with E-state index >= 15 is 0 Å². The second kappa shape index (κ2) is 2.87. The molecule has 0 saturated carbocycles. The maximum absolute atomic E-state index is 12.7. The summed E-state index contributed by atoms with van der Waals surface area (Å²) >= 11 is 2.05. The van der Waals surface area contributed by atoms with Gasteiger partial charge in [-0.2, -0.15) is 0 Å². The Bertz CT molecular complexity index is 364. The number of halogens is 2. The smallest absolute Gasteiger partial charge is 0.123 e. The van der Waals surface area contributed by atoms with Crippen LogP contribution in [0.15, 0.2) is 28.5 Å². The van der Waals surface area contributed by atoms with E-state index in [0.717, 1.165) is 14.9 Å². The van der Waals surface area contributed by atoms with E-state index < -0.39 is 11.2 Å². The molecule has 0 fully saturated rings. The Labute approximate surface area is 80.6 Å². The summed E-state index contributed by atoms with van der Waals surface area (Å²) in [5, 5.41) is 1.71. The molecule has 1 aliphatic heterocycles. The Balaban J connectivity index is 2.61. The topological polar surface area (TPSA) is 20.2 Å². The van der Waals surface area contributed by atoms with Gasteiger partial charge in [0, 0.05) is 14.9 Å². The molecule has 1 nitrogen and oxygen atoms in total. The van der Waals surface area contributed by atoms with Crippen LogP contribution in [0, 0.1) is 5.82 Å². The van der Waals surface area contributed by atoms with Gasteiger partial charge in [-0.15, -0.1) is 11.2 Å². The molecule has 0 amide bonds.